The Balaban J connectivity index is 1.27. The molecule has 0 spiro atoms. The molecule has 4 aromatic rings. The first-order valence-corrected chi connectivity index (χ1v) is 16.2. The zero-order valence-corrected chi connectivity index (χ0v) is 27.7. The molecule has 2 saturated heterocycles. The average molecular weight is 741 g/mol. The van der Waals surface area contributed by atoms with Gasteiger partial charge in [0.15, 0.2) is 18.2 Å². The van der Waals surface area contributed by atoms with E-state index >= 15 is 0 Å². The lowest BCUT2D eigenvalue weighted by Crippen LogP contribution is -2.64. The van der Waals surface area contributed by atoms with E-state index in [1.54, 1.807) is 12.1 Å². The number of aliphatic hydroxyl groups is 5. The van der Waals surface area contributed by atoms with Crippen LogP contribution in [-0.4, -0.2) is 120 Å². The maximum Gasteiger partial charge on any atom is 0.330 e. The van der Waals surface area contributed by atoms with E-state index in [0.29, 0.717) is 5.56 Å². The fraction of sp³-hybridized carbons (Fsp3) is 0.333. The first-order chi connectivity index (χ1) is 25.2. The molecular formula is C36H36O17. The molecule has 6 rings (SSSR count). The van der Waals surface area contributed by atoms with Gasteiger partial charge in [-0.2, -0.15) is 0 Å². The predicted molar refractivity (Wildman–Crippen MR) is 180 cm³/mol. The first kappa shape index (κ1) is 37.5. The van der Waals surface area contributed by atoms with Crippen molar-refractivity contribution in [2.24, 2.45) is 0 Å². The molecule has 0 saturated carbocycles. The molecule has 0 radical (unpaired) electrons. The summed E-state index contributed by atoms with van der Waals surface area (Å²) in [7, 11) is 0. The summed E-state index contributed by atoms with van der Waals surface area (Å²) in [4.78, 5) is 26.3. The van der Waals surface area contributed by atoms with Crippen LogP contribution in [0.15, 0.2) is 76.0 Å². The summed E-state index contributed by atoms with van der Waals surface area (Å²) >= 11 is 0. The predicted octanol–water partition coefficient (Wildman–Crippen LogP) is 0.577. The molecule has 0 bridgehead atoms. The van der Waals surface area contributed by atoms with E-state index in [1.165, 1.54) is 49.4 Å². The van der Waals surface area contributed by atoms with Gasteiger partial charge in [0.25, 0.3) is 0 Å². The van der Waals surface area contributed by atoms with Gasteiger partial charge in [-0.05, 0) is 55.0 Å². The number of ether oxygens (including phenoxy) is 5. The van der Waals surface area contributed by atoms with Crippen LogP contribution in [0.25, 0.3) is 28.4 Å². The van der Waals surface area contributed by atoms with Gasteiger partial charge in [-0.1, -0.05) is 12.1 Å². The third-order valence-electron chi connectivity index (χ3n) is 8.72. The van der Waals surface area contributed by atoms with Crippen molar-refractivity contribution in [3.63, 3.8) is 0 Å². The summed E-state index contributed by atoms with van der Waals surface area (Å²) in [6.45, 7) is 0.741. The number of rotatable bonds is 9. The number of benzene rings is 3. The molecular weight excluding hydrogens is 704 g/mol. The van der Waals surface area contributed by atoms with E-state index in [-0.39, 0.29) is 28.4 Å². The van der Waals surface area contributed by atoms with Crippen LogP contribution in [-0.2, 0) is 23.7 Å². The van der Waals surface area contributed by atoms with E-state index in [0.717, 1.165) is 18.2 Å². The minimum absolute atomic E-state index is 0.0280. The number of aromatic hydroxyl groups is 4. The molecule has 1 aromatic heterocycles. The number of phenolic OH excluding ortho intramolecular Hbond substituents is 4. The molecule has 0 amide bonds. The quantitative estimate of drug-likeness (QED) is 0.0838. The summed E-state index contributed by atoms with van der Waals surface area (Å²) in [5, 5.41) is 93.4. The summed E-state index contributed by atoms with van der Waals surface area (Å²) < 4.78 is 34.3. The Hall–Kier alpha value is -5.24. The standard InChI is InChI=1S/C36H36O17/c1-15-26(42)30(46)34(53-35-31(47)29(45)27(43)23(51-35)14-48-24(41)11-4-16-2-7-18(37)8-3-16)36(49-15)52-33-28(44)25-21(40)12-20(39)13-22(25)50-32(33)17-5-9-19(38)10-6-17/h2-13,15,23,26-27,29-31,34-40,42-43,45-47H,14H2,1H3/b11-4-/t15-,23+,26-,27+,29-,30+,31+,34+,35-,36-/m0/s1. The van der Waals surface area contributed by atoms with Crippen LogP contribution in [0.4, 0.5) is 0 Å². The van der Waals surface area contributed by atoms with Crippen LogP contribution in [0, 0.1) is 0 Å². The van der Waals surface area contributed by atoms with E-state index in [9.17, 15) is 55.5 Å². The minimum atomic E-state index is -1.97. The molecule has 3 heterocycles. The lowest BCUT2D eigenvalue weighted by Gasteiger charge is -2.45. The molecule has 53 heavy (non-hydrogen) atoms. The van der Waals surface area contributed by atoms with E-state index in [2.05, 4.69) is 0 Å². The molecule has 17 nitrogen and oxygen atoms in total. The van der Waals surface area contributed by atoms with Gasteiger partial charge in [-0.25, -0.2) is 4.79 Å². The van der Waals surface area contributed by atoms with E-state index in [4.69, 9.17) is 28.1 Å². The average Bonchev–Trinajstić information content (AvgIpc) is 3.12. The largest absolute Gasteiger partial charge is 0.508 e. The fourth-order valence-electron chi connectivity index (χ4n) is 5.82. The highest BCUT2D eigenvalue weighted by molar-refractivity contribution is 5.88. The van der Waals surface area contributed by atoms with Gasteiger partial charge in [0, 0.05) is 23.8 Å². The van der Waals surface area contributed by atoms with Gasteiger partial charge < -0.3 is 74.1 Å². The maximum absolute atomic E-state index is 13.9. The molecule has 0 unspecified atom stereocenters. The van der Waals surface area contributed by atoms with Crippen LogP contribution in [0.5, 0.6) is 28.7 Å². The number of aliphatic hydroxyl groups excluding tert-OH is 5. The van der Waals surface area contributed by atoms with Gasteiger partial charge in [0.05, 0.1) is 6.10 Å². The summed E-state index contributed by atoms with van der Waals surface area (Å²) in [6.07, 6.45) is -14.8. The monoisotopic (exact) mass is 740 g/mol. The van der Waals surface area contributed by atoms with Crippen LogP contribution in [0.1, 0.15) is 12.5 Å². The number of hydrogen-bond acceptors (Lipinski definition) is 17. The summed E-state index contributed by atoms with van der Waals surface area (Å²) in [5.41, 5.74) is -0.454. The van der Waals surface area contributed by atoms with Gasteiger partial charge >= 0.3 is 5.97 Å². The smallest absolute Gasteiger partial charge is 0.330 e. The Bertz CT molecular complexity index is 2010. The van der Waals surface area contributed by atoms with Crippen LogP contribution < -0.4 is 10.2 Å². The van der Waals surface area contributed by atoms with Crippen LogP contribution >= 0.6 is 0 Å². The number of carbonyl (C=O) groups is 1. The number of fused-ring (bicyclic) bond motifs is 1. The van der Waals surface area contributed by atoms with Crippen LogP contribution in [0.2, 0.25) is 0 Å². The zero-order valence-electron chi connectivity index (χ0n) is 27.7. The number of phenols is 4. The molecule has 2 fully saturated rings. The Labute approximate surface area is 299 Å². The van der Waals surface area contributed by atoms with Gasteiger partial charge in [0.1, 0.15) is 77.2 Å². The van der Waals surface area contributed by atoms with Crippen LogP contribution in [0.3, 0.4) is 0 Å². The van der Waals surface area contributed by atoms with Crippen molar-refractivity contribution in [1.82, 2.24) is 0 Å². The molecule has 282 valence electrons. The van der Waals surface area contributed by atoms with Crippen molar-refractivity contribution < 1.29 is 78.9 Å². The molecule has 2 aliphatic rings. The molecule has 17 heteroatoms. The number of carbonyl (C=O) groups excluding carboxylic acids is 1. The highest BCUT2D eigenvalue weighted by Crippen LogP contribution is 2.38. The zero-order chi connectivity index (χ0) is 38.1. The Morgan fingerprint density at radius 2 is 1.43 bits per heavy atom. The van der Waals surface area contributed by atoms with Crippen molar-refractivity contribution in [1.29, 1.82) is 0 Å². The Morgan fingerprint density at radius 3 is 2.11 bits per heavy atom. The van der Waals surface area contributed by atoms with Gasteiger partial charge in [-0.3, -0.25) is 4.79 Å². The minimum Gasteiger partial charge on any atom is -0.508 e. The topological polar surface area (TPSA) is 275 Å². The molecule has 3 aromatic carbocycles. The third-order valence-corrected chi connectivity index (χ3v) is 8.72. The van der Waals surface area contributed by atoms with Crippen molar-refractivity contribution >= 4 is 23.0 Å². The fourth-order valence-corrected chi connectivity index (χ4v) is 5.82. The molecule has 9 N–H and O–H groups in total. The lowest BCUT2D eigenvalue weighted by molar-refractivity contribution is -0.355. The molecule has 10 atom stereocenters. The highest BCUT2D eigenvalue weighted by atomic mass is 16.8. The maximum atomic E-state index is 13.9. The second-order valence-electron chi connectivity index (χ2n) is 12.5. The van der Waals surface area contributed by atoms with Crippen molar-refractivity contribution in [2.45, 2.75) is 68.3 Å². The SMILES string of the molecule is C[C@@H]1O[C@@H](Oc2c(-c3ccc(O)cc3)oc3cc(O)cc(O)c3c2=O)[C@H](O[C@@H]2O[C@H](COC(=O)/C=C\c3ccc(O)cc3)[C@@H](O)[C@H](O)[C@H]2O)[C@H](O)[C@H]1O. The summed E-state index contributed by atoms with van der Waals surface area (Å²) in [5.74, 6) is -2.90. The Kier molecular flexibility index (Phi) is 10.9. The van der Waals surface area contributed by atoms with Crippen molar-refractivity contribution in [2.75, 3.05) is 6.61 Å². The van der Waals surface area contributed by atoms with Crippen molar-refractivity contribution in [3.05, 3.63) is 82.5 Å². The van der Waals surface area contributed by atoms with E-state index in [1.807, 2.05) is 0 Å². The highest BCUT2D eigenvalue weighted by Gasteiger charge is 2.51. The second-order valence-corrected chi connectivity index (χ2v) is 12.5. The second kappa shape index (κ2) is 15.4. The van der Waals surface area contributed by atoms with Gasteiger partial charge in [0.2, 0.25) is 17.5 Å². The number of hydrogen-bond donors (Lipinski definition) is 9. The third kappa shape index (κ3) is 7.92. The lowest BCUT2D eigenvalue weighted by atomic mass is 9.97. The van der Waals surface area contributed by atoms with E-state index < -0.39 is 102 Å². The normalized spacial score (nSPS) is 28.9. The van der Waals surface area contributed by atoms with Crippen molar-refractivity contribution in [3.8, 4) is 40.1 Å². The van der Waals surface area contributed by atoms with Gasteiger partial charge in [-0.15, -0.1) is 0 Å². The Morgan fingerprint density at radius 1 is 0.774 bits per heavy atom. The molecule has 0 aliphatic carbocycles. The number of esters is 1. The molecule has 2 aliphatic heterocycles. The summed E-state index contributed by atoms with van der Waals surface area (Å²) in [6, 6.07) is 13.2. The first-order valence-electron chi connectivity index (χ1n) is 16.2.